The molecule has 0 aromatic carbocycles. The average Bonchev–Trinajstić information content (AvgIpc) is 2.71. The molecule has 0 atom stereocenters. The number of thioether (sulfide) groups is 1. The summed E-state index contributed by atoms with van der Waals surface area (Å²) in [5, 5.41) is 1.86. The number of hydrogen-bond donors (Lipinski definition) is 0. The summed E-state index contributed by atoms with van der Waals surface area (Å²) in [5.41, 5.74) is 0.561. The SMILES string of the molecule is COC(=O)c1csc(C=CCSC(C)=O)c1. The summed E-state index contributed by atoms with van der Waals surface area (Å²) in [6.07, 6.45) is 3.80. The number of methoxy groups -OCH3 is 1. The highest BCUT2D eigenvalue weighted by Crippen LogP contribution is 2.17. The first kappa shape index (κ1) is 13.0. The Balaban J connectivity index is 2.52. The zero-order valence-corrected chi connectivity index (χ0v) is 10.7. The zero-order chi connectivity index (χ0) is 12.0. The molecule has 1 aromatic heterocycles. The molecule has 0 unspecified atom stereocenters. The number of thiophene rings is 1. The highest BCUT2D eigenvalue weighted by Gasteiger charge is 2.06. The van der Waals surface area contributed by atoms with Gasteiger partial charge in [-0.25, -0.2) is 4.79 Å². The maximum absolute atomic E-state index is 11.2. The fourth-order valence-electron chi connectivity index (χ4n) is 0.995. The van der Waals surface area contributed by atoms with Crippen molar-refractivity contribution < 1.29 is 14.3 Å². The summed E-state index contributed by atoms with van der Waals surface area (Å²) in [5.74, 6) is 0.329. The van der Waals surface area contributed by atoms with Crippen molar-refractivity contribution in [3.63, 3.8) is 0 Å². The van der Waals surface area contributed by atoms with E-state index >= 15 is 0 Å². The van der Waals surface area contributed by atoms with E-state index in [1.807, 2.05) is 12.2 Å². The largest absolute Gasteiger partial charge is 0.465 e. The van der Waals surface area contributed by atoms with Gasteiger partial charge in [0.15, 0.2) is 5.12 Å². The van der Waals surface area contributed by atoms with Crippen LogP contribution in [0.25, 0.3) is 6.08 Å². The number of carbonyl (C=O) groups is 2. The van der Waals surface area contributed by atoms with Crippen LogP contribution in [0.3, 0.4) is 0 Å². The van der Waals surface area contributed by atoms with Gasteiger partial charge in [0.1, 0.15) is 0 Å². The van der Waals surface area contributed by atoms with Crippen molar-refractivity contribution in [1.82, 2.24) is 0 Å². The first-order valence-electron chi connectivity index (χ1n) is 4.60. The van der Waals surface area contributed by atoms with Gasteiger partial charge in [0.05, 0.1) is 12.7 Å². The van der Waals surface area contributed by atoms with Gasteiger partial charge in [0.25, 0.3) is 0 Å². The second kappa shape index (κ2) is 6.50. The first-order chi connectivity index (χ1) is 7.63. The minimum atomic E-state index is -0.325. The molecule has 0 saturated carbocycles. The second-order valence-electron chi connectivity index (χ2n) is 2.93. The molecule has 0 aliphatic carbocycles. The summed E-state index contributed by atoms with van der Waals surface area (Å²) in [4.78, 5) is 22.8. The van der Waals surface area contributed by atoms with Crippen molar-refractivity contribution in [3.05, 3.63) is 28.0 Å². The molecule has 5 heteroatoms. The van der Waals surface area contributed by atoms with Gasteiger partial charge in [0.2, 0.25) is 0 Å². The van der Waals surface area contributed by atoms with Crippen LogP contribution in [0, 0.1) is 0 Å². The second-order valence-corrected chi connectivity index (χ2v) is 5.07. The van der Waals surface area contributed by atoms with E-state index in [-0.39, 0.29) is 11.1 Å². The molecule has 0 N–H and O–H groups in total. The average molecular weight is 256 g/mol. The lowest BCUT2D eigenvalue weighted by Crippen LogP contribution is -1.97. The van der Waals surface area contributed by atoms with E-state index in [0.29, 0.717) is 11.3 Å². The molecular weight excluding hydrogens is 244 g/mol. The summed E-state index contributed by atoms with van der Waals surface area (Å²) in [7, 11) is 1.36. The molecular formula is C11H12O3S2. The predicted octanol–water partition coefficient (Wildman–Crippen LogP) is 2.83. The van der Waals surface area contributed by atoms with Gasteiger partial charge in [-0.3, -0.25) is 4.79 Å². The molecule has 86 valence electrons. The molecule has 0 amide bonds. The van der Waals surface area contributed by atoms with Crippen LogP contribution in [0.4, 0.5) is 0 Å². The van der Waals surface area contributed by atoms with Crippen molar-refractivity contribution in [1.29, 1.82) is 0 Å². The van der Waals surface area contributed by atoms with Crippen LogP contribution in [0.2, 0.25) is 0 Å². The van der Waals surface area contributed by atoms with E-state index in [1.54, 1.807) is 18.4 Å². The van der Waals surface area contributed by atoms with Crippen molar-refractivity contribution in [3.8, 4) is 0 Å². The maximum atomic E-state index is 11.2. The molecule has 0 spiro atoms. The summed E-state index contributed by atoms with van der Waals surface area (Å²) < 4.78 is 4.60. The molecule has 0 radical (unpaired) electrons. The van der Waals surface area contributed by atoms with Gasteiger partial charge >= 0.3 is 5.97 Å². The first-order valence-corrected chi connectivity index (χ1v) is 6.46. The van der Waals surface area contributed by atoms with Gasteiger partial charge in [-0.05, 0) is 12.1 Å². The van der Waals surface area contributed by atoms with E-state index in [9.17, 15) is 9.59 Å². The zero-order valence-electron chi connectivity index (χ0n) is 9.06. The Hall–Kier alpha value is -1.07. The quantitative estimate of drug-likeness (QED) is 0.777. The Bertz CT molecular complexity index is 407. The summed E-state index contributed by atoms with van der Waals surface area (Å²) in [6.45, 7) is 1.54. The lowest BCUT2D eigenvalue weighted by Gasteiger charge is -1.91. The highest BCUT2D eigenvalue weighted by atomic mass is 32.2. The predicted molar refractivity (Wildman–Crippen MR) is 67.8 cm³/mol. The number of rotatable bonds is 4. The fourth-order valence-corrected chi connectivity index (χ4v) is 2.22. The van der Waals surface area contributed by atoms with Crippen molar-refractivity contribution >= 4 is 40.3 Å². The van der Waals surface area contributed by atoms with Gasteiger partial charge in [0, 0.05) is 22.9 Å². The third-order valence-corrected chi connectivity index (χ3v) is 3.37. The van der Waals surface area contributed by atoms with Crippen molar-refractivity contribution in [2.75, 3.05) is 12.9 Å². The molecule has 0 aliphatic heterocycles. The van der Waals surface area contributed by atoms with E-state index in [2.05, 4.69) is 4.74 Å². The van der Waals surface area contributed by atoms with Crippen LogP contribution in [0.5, 0.6) is 0 Å². The Morgan fingerprint density at radius 3 is 2.94 bits per heavy atom. The van der Waals surface area contributed by atoms with Crippen LogP contribution in [-0.4, -0.2) is 23.9 Å². The number of carbonyl (C=O) groups excluding carboxylic acids is 2. The Kier molecular flexibility index (Phi) is 5.28. The molecule has 1 aromatic rings. The van der Waals surface area contributed by atoms with E-state index < -0.39 is 0 Å². The monoisotopic (exact) mass is 256 g/mol. The Morgan fingerprint density at radius 2 is 2.31 bits per heavy atom. The van der Waals surface area contributed by atoms with Gasteiger partial charge in [-0.15, -0.1) is 11.3 Å². The minimum absolute atomic E-state index is 0.103. The molecule has 0 bridgehead atoms. The molecule has 3 nitrogen and oxygen atoms in total. The molecule has 1 rings (SSSR count). The minimum Gasteiger partial charge on any atom is -0.465 e. The third-order valence-electron chi connectivity index (χ3n) is 1.71. The molecule has 1 heterocycles. The van der Waals surface area contributed by atoms with Crippen molar-refractivity contribution in [2.24, 2.45) is 0 Å². The Labute approximate surface area is 102 Å². The van der Waals surface area contributed by atoms with Crippen LogP contribution < -0.4 is 0 Å². The van der Waals surface area contributed by atoms with Crippen LogP contribution in [-0.2, 0) is 9.53 Å². The number of ether oxygens (including phenoxy) is 1. The molecule has 0 saturated heterocycles. The van der Waals surface area contributed by atoms with Crippen LogP contribution in [0.1, 0.15) is 22.2 Å². The van der Waals surface area contributed by atoms with E-state index in [1.165, 1.54) is 30.2 Å². The topological polar surface area (TPSA) is 43.4 Å². The Morgan fingerprint density at radius 1 is 1.56 bits per heavy atom. The van der Waals surface area contributed by atoms with E-state index in [4.69, 9.17) is 0 Å². The standard InChI is InChI=1S/C11H12O3S2/c1-8(12)15-5-3-4-10-6-9(7-16-10)11(13)14-2/h3-4,6-7H,5H2,1-2H3. The van der Waals surface area contributed by atoms with Gasteiger partial charge < -0.3 is 4.74 Å². The molecule has 0 aliphatic rings. The van der Waals surface area contributed by atoms with Gasteiger partial charge in [-0.2, -0.15) is 0 Å². The third kappa shape index (κ3) is 4.20. The lowest BCUT2D eigenvalue weighted by molar-refractivity contribution is -0.109. The highest BCUT2D eigenvalue weighted by molar-refractivity contribution is 8.13. The van der Waals surface area contributed by atoms with Crippen LogP contribution >= 0.6 is 23.1 Å². The smallest absolute Gasteiger partial charge is 0.338 e. The van der Waals surface area contributed by atoms with Gasteiger partial charge in [-0.1, -0.05) is 17.8 Å². The lowest BCUT2D eigenvalue weighted by atomic mass is 10.3. The van der Waals surface area contributed by atoms with Crippen molar-refractivity contribution in [2.45, 2.75) is 6.92 Å². The summed E-state index contributed by atoms with van der Waals surface area (Å²) in [6, 6.07) is 1.77. The van der Waals surface area contributed by atoms with E-state index in [0.717, 1.165) is 4.88 Å². The molecule has 0 fully saturated rings. The maximum Gasteiger partial charge on any atom is 0.338 e. The summed E-state index contributed by atoms with van der Waals surface area (Å²) >= 11 is 2.73. The fraction of sp³-hybridized carbons (Fsp3) is 0.273. The van der Waals surface area contributed by atoms with Crippen LogP contribution in [0.15, 0.2) is 17.5 Å². The normalized spacial score (nSPS) is 10.6. The molecule has 16 heavy (non-hydrogen) atoms. The number of esters is 1. The number of hydrogen-bond acceptors (Lipinski definition) is 5.